The maximum atomic E-state index is 5.54. The predicted molar refractivity (Wildman–Crippen MR) is 252 cm³/mol. The minimum absolute atomic E-state index is 0.622. The summed E-state index contributed by atoms with van der Waals surface area (Å²) in [7, 11) is 0. The summed E-state index contributed by atoms with van der Waals surface area (Å²) in [5, 5.41) is 8.03. The molecule has 0 atom stereocenters. The molecule has 0 amide bonds. The van der Waals surface area contributed by atoms with Crippen molar-refractivity contribution in [3.05, 3.63) is 212 Å². The van der Waals surface area contributed by atoms with Crippen LogP contribution in [0.1, 0.15) is 0 Å². The number of pyridine rings is 1. The fraction of sp³-hybridized carbons (Fsp3) is 0. The molecule has 0 aliphatic rings. The lowest BCUT2D eigenvalue weighted by molar-refractivity contribution is 1.08. The number of benzene rings is 9. The van der Waals surface area contributed by atoms with Gasteiger partial charge in [0.1, 0.15) is 0 Å². The molecule has 3 aromatic heterocycles. The largest absolute Gasteiger partial charge is 0.307 e. The van der Waals surface area contributed by atoms with Crippen LogP contribution in [-0.2, 0) is 0 Å². The summed E-state index contributed by atoms with van der Waals surface area (Å²) in [6.07, 6.45) is 0. The highest BCUT2D eigenvalue weighted by atomic mass is 15.0. The van der Waals surface area contributed by atoms with Crippen molar-refractivity contribution < 1.29 is 0 Å². The molecule has 0 aliphatic carbocycles. The number of hydrogen-bond donors (Lipinski definition) is 0. The lowest BCUT2D eigenvalue weighted by Gasteiger charge is -2.13. The monoisotopic (exact) mass is 777 g/mol. The van der Waals surface area contributed by atoms with Gasteiger partial charge in [-0.25, -0.2) is 19.9 Å². The van der Waals surface area contributed by atoms with Crippen LogP contribution in [0.25, 0.3) is 116 Å². The summed E-state index contributed by atoms with van der Waals surface area (Å²) in [5.74, 6) is 1.90. The third-order valence-electron chi connectivity index (χ3n) is 11.8. The second-order valence-corrected chi connectivity index (χ2v) is 15.4. The summed E-state index contributed by atoms with van der Waals surface area (Å²) in [6.45, 7) is 0. The van der Waals surface area contributed by atoms with Gasteiger partial charge < -0.3 is 4.57 Å². The quantitative estimate of drug-likeness (QED) is 0.158. The van der Waals surface area contributed by atoms with Crippen molar-refractivity contribution in [1.82, 2.24) is 24.5 Å². The highest BCUT2D eigenvalue weighted by molar-refractivity contribution is 6.23. The molecular formula is C56H35N5. The molecule has 0 saturated heterocycles. The zero-order valence-corrected chi connectivity index (χ0v) is 32.9. The molecule has 0 bridgehead atoms. The first-order chi connectivity index (χ1) is 30.2. The zero-order chi connectivity index (χ0) is 40.3. The molecule has 9 aromatic carbocycles. The highest BCUT2D eigenvalue weighted by Crippen LogP contribution is 2.42. The number of aromatic nitrogens is 5. The van der Waals surface area contributed by atoms with Gasteiger partial charge in [0.2, 0.25) is 0 Å². The second kappa shape index (κ2) is 14.2. The average Bonchev–Trinajstić information content (AvgIpc) is 3.68. The number of rotatable bonds is 6. The molecule has 0 saturated carbocycles. The molecule has 12 rings (SSSR count). The van der Waals surface area contributed by atoms with Crippen LogP contribution >= 0.6 is 0 Å². The second-order valence-electron chi connectivity index (χ2n) is 15.4. The van der Waals surface area contributed by atoms with Gasteiger partial charge in [0, 0.05) is 49.5 Å². The van der Waals surface area contributed by atoms with Crippen LogP contribution in [0, 0.1) is 0 Å². The minimum atomic E-state index is 0.622. The molecule has 12 aromatic rings. The minimum Gasteiger partial charge on any atom is -0.307 e. The van der Waals surface area contributed by atoms with E-state index in [9.17, 15) is 0 Å². The van der Waals surface area contributed by atoms with E-state index in [1.807, 2.05) is 30.3 Å². The number of fused-ring (bicyclic) bond motifs is 8. The summed E-state index contributed by atoms with van der Waals surface area (Å²) in [6, 6.07) is 74.5. The van der Waals surface area contributed by atoms with Gasteiger partial charge in [0.15, 0.2) is 17.5 Å². The lowest BCUT2D eigenvalue weighted by Crippen LogP contribution is -2.00. The first-order valence-corrected chi connectivity index (χ1v) is 20.6. The fourth-order valence-electron chi connectivity index (χ4n) is 8.96. The number of hydrogen-bond acceptors (Lipinski definition) is 4. The average molecular weight is 778 g/mol. The van der Waals surface area contributed by atoms with Crippen LogP contribution in [0.3, 0.4) is 0 Å². The Balaban J connectivity index is 1.06. The van der Waals surface area contributed by atoms with Crippen LogP contribution in [0.2, 0.25) is 0 Å². The van der Waals surface area contributed by atoms with E-state index in [1.165, 1.54) is 10.8 Å². The molecular weight excluding hydrogens is 743 g/mol. The van der Waals surface area contributed by atoms with Gasteiger partial charge in [-0.2, -0.15) is 0 Å². The third-order valence-corrected chi connectivity index (χ3v) is 11.8. The molecule has 284 valence electrons. The van der Waals surface area contributed by atoms with Crippen molar-refractivity contribution in [3.8, 4) is 62.2 Å². The molecule has 0 radical (unpaired) electrons. The molecule has 5 heteroatoms. The van der Waals surface area contributed by atoms with Gasteiger partial charge in [0.25, 0.3) is 0 Å². The Morgan fingerprint density at radius 2 is 0.869 bits per heavy atom. The first kappa shape index (κ1) is 34.7. The van der Waals surface area contributed by atoms with Crippen LogP contribution in [0.15, 0.2) is 212 Å². The fourth-order valence-corrected chi connectivity index (χ4v) is 8.96. The van der Waals surface area contributed by atoms with Crippen molar-refractivity contribution in [2.75, 3.05) is 0 Å². The SMILES string of the molecule is c1ccc(-c2nc(-c3cccc(-c4ccc5c6ccc7c8ccccc8c(-c8ccccc8)nc7c6n(-c6ccccc6)c5c4)c3)nc(-c3cccc4ccccc34)n2)cc1. The first-order valence-electron chi connectivity index (χ1n) is 20.6. The Morgan fingerprint density at radius 3 is 1.67 bits per heavy atom. The Morgan fingerprint density at radius 1 is 0.311 bits per heavy atom. The van der Waals surface area contributed by atoms with Gasteiger partial charge in [-0.1, -0.05) is 188 Å². The summed E-state index contributed by atoms with van der Waals surface area (Å²) < 4.78 is 2.39. The summed E-state index contributed by atoms with van der Waals surface area (Å²) >= 11 is 0. The third kappa shape index (κ3) is 5.86. The summed E-state index contributed by atoms with van der Waals surface area (Å²) in [5.41, 5.74) is 11.3. The molecule has 0 fully saturated rings. The van der Waals surface area contributed by atoms with E-state index in [4.69, 9.17) is 19.9 Å². The molecule has 0 spiro atoms. The van der Waals surface area contributed by atoms with Crippen molar-refractivity contribution >= 4 is 54.3 Å². The van der Waals surface area contributed by atoms with Crippen LogP contribution in [-0.4, -0.2) is 24.5 Å². The van der Waals surface area contributed by atoms with Gasteiger partial charge in [-0.3, -0.25) is 0 Å². The van der Waals surface area contributed by atoms with Crippen molar-refractivity contribution in [1.29, 1.82) is 0 Å². The maximum absolute atomic E-state index is 5.54. The smallest absolute Gasteiger partial charge is 0.164 e. The van der Waals surface area contributed by atoms with Crippen LogP contribution in [0.4, 0.5) is 0 Å². The van der Waals surface area contributed by atoms with E-state index in [0.717, 1.165) is 88.2 Å². The van der Waals surface area contributed by atoms with Gasteiger partial charge >= 0.3 is 0 Å². The van der Waals surface area contributed by atoms with Crippen LogP contribution in [0.5, 0.6) is 0 Å². The van der Waals surface area contributed by atoms with E-state index in [0.29, 0.717) is 17.5 Å². The van der Waals surface area contributed by atoms with Gasteiger partial charge in [-0.05, 0) is 51.6 Å². The maximum Gasteiger partial charge on any atom is 0.164 e. The number of nitrogens with zero attached hydrogens (tertiary/aromatic N) is 5. The van der Waals surface area contributed by atoms with E-state index in [2.05, 4.69) is 187 Å². The Bertz CT molecular complexity index is 3630. The Kier molecular flexibility index (Phi) is 8.10. The summed E-state index contributed by atoms with van der Waals surface area (Å²) in [4.78, 5) is 20.9. The van der Waals surface area contributed by atoms with Crippen LogP contribution < -0.4 is 0 Å². The standard InChI is InChI=1S/C56H35N5/c1-4-17-37(18-5-1)51-46-28-13-12-27-44(46)47-32-33-48-45-31-30-40(35-50(45)61(53(48)52(47)57-51)42-24-8-3-9-25-42)39-22-14-23-41(34-39)55-58-54(38-19-6-2-7-20-38)59-56(60-55)49-29-15-21-36-16-10-11-26-43(36)49/h1-35H. The van der Waals surface area contributed by atoms with Crippen molar-refractivity contribution in [2.45, 2.75) is 0 Å². The predicted octanol–water partition coefficient (Wildman–Crippen LogP) is 14.2. The van der Waals surface area contributed by atoms with E-state index < -0.39 is 0 Å². The Labute approximate surface area is 351 Å². The molecule has 0 aliphatic heterocycles. The van der Waals surface area contributed by atoms with Crippen molar-refractivity contribution in [2.24, 2.45) is 0 Å². The molecule has 5 nitrogen and oxygen atoms in total. The highest BCUT2D eigenvalue weighted by Gasteiger charge is 2.20. The lowest BCUT2D eigenvalue weighted by atomic mass is 9.98. The zero-order valence-electron chi connectivity index (χ0n) is 32.9. The molecule has 3 heterocycles. The van der Waals surface area contributed by atoms with E-state index in [1.54, 1.807) is 0 Å². The molecule has 0 N–H and O–H groups in total. The van der Waals surface area contributed by atoms with Crippen molar-refractivity contribution in [3.63, 3.8) is 0 Å². The Hall–Kier alpha value is -8.28. The van der Waals surface area contributed by atoms with Gasteiger partial charge in [-0.15, -0.1) is 0 Å². The molecule has 0 unspecified atom stereocenters. The van der Waals surface area contributed by atoms with Gasteiger partial charge in [0.05, 0.1) is 22.2 Å². The molecule has 61 heavy (non-hydrogen) atoms. The number of para-hydroxylation sites is 1. The normalized spacial score (nSPS) is 11.6. The van der Waals surface area contributed by atoms with E-state index in [-0.39, 0.29) is 0 Å². The van der Waals surface area contributed by atoms with E-state index >= 15 is 0 Å². The topological polar surface area (TPSA) is 56.5 Å².